The molecule has 22 heavy (non-hydrogen) atoms. The van der Waals surface area contributed by atoms with Crippen LogP contribution in [0, 0.1) is 13.8 Å². The van der Waals surface area contributed by atoms with E-state index in [0.29, 0.717) is 11.8 Å². The summed E-state index contributed by atoms with van der Waals surface area (Å²) in [6, 6.07) is 16.1. The van der Waals surface area contributed by atoms with Crippen molar-refractivity contribution in [1.82, 2.24) is 10.2 Å². The average molecular weight is 293 g/mol. The summed E-state index contributed by atoms with van der Waals surface area (Å²) in [5.41, 5.74) is 4.44. The highest BCUT2D eigenvalue weighted by Gasteiger charge is 2.15. The molecule has 3 aromatic rings. The van der Waals surface area contributed by atoms with Crippen LogP contribution in [0.5, 0.6) is 0 Å². The van der Waals surface area contributed by atoms with Crippen molar-refractivity contribution in [3.8, 4) is 11.5 Å². The molecule has 0 aliphatic rings. The number of aryl methyl sites for hydroxylation is 2. The molecule has 0 bridgehead atoms. The lowest BCUT2D eigenvalue weighted by Gasteiger charge is -2.12. The monoisotopic (exact) mass is 293 g/mol. The van der Waals surface area contributed by atoms with E-state index in [9.17, 15) is 0 Å². The van der Waals surface area contributed by atoms with E-state index < -0.39 is 0 Å². The topological polar surface area (TPSA) is 51.0 Å². The third-order valence-electron chi connectivity index (χ3n) is 3.44. The first-order valence-corrected chi connectivity index (χ1v) is 7.35. The fourth-order valence-electron chi connectivity index (χ4n) is 2.48. The van der Waals surface area contributed by atoms with Crippen molar-refractivity contribution in [2.24, 2.45) is 0 Å². The zero-order chi connectivity index (χ0) is 15.5. The standard InChI is InChI=1S/C18H19N3O/c1-12-9-13(2)11-16(10-12)19-14(3)17-20-21-18(22-17)15-7-5-4-6-8-15/h4-11,14,19H,1-3H3/t14-/m0/s1. The predicted octanol–water partition coefficient (Wildman–Crippen LogP) is 4.53. The molecule has 0 aliphatic heterocycles. The lowest BCUT2D eigenvalue weighted by atomic mass is 10.1. The van der Waals surface area contributed by atoms with Gasteiger partial charge in [0.15, 0.2) is 0 Å². The van der Waals surface area contributed by atoms with Gasteiger partial charge in [-0.25, -0.2) is 0 Å². The molecular formula is C18H19N3O. The van der Waals surface area contributed by atoms with Crippen molar-refractivity contribution in [3.63, 3.8) is 0 Å². The smallest absolute Gasteiger partial charge is 0.247 e. The van der Waals surface area contributed by atoms with Gasteiger partial charge in [-0.2, -0.15) is 0 Å². The first-order chi connectivity index (χ1) is 10.6. The summed E-state index contributed by atoms with van der Waals surface area (Å²) >= 11 is 0. The van der Waals surface area contributed by atoms with E-state index in [1.165, 1.54) is 11.1 Å². The number of hydrogen-bond donors (Lipinski definition) is 1. The minimum Gasteiger partial charge on any atom is -0.418 e. The van der Waals surface area contributed by atoms with Crippen LogP contribution in [-0.2, 0) is 0 Å². The van der Waals surface area contributed by atoms with Gasteiger partial charge in [-0.05, 0) is 56.2 Å². The summed E-state index contributed by atoms with van der Waals surface area (Å²) in [5.74, 6) is 1.13. The maximum absolute atomic E-state index is 5.78. The van der Waals surface area contributed by atoms with Gasteiger partial charge < -0.3 is 9.73 Å². The average Bonchev–Trinajstić information content (AvgIpc) is 2.97. The second-order valence-corrected chi connectivity index (χ2v) is 5.55. The minimum atomic E-state index is -0.0498. The van der Waals surface area contributed by atoms with Crippen LogP contribution in [0.15, 0.2) is 52.9 Å². The third kappa shape index (κ3) is 3.17. The highest BCUT2D eigenvalue weighted by Crippen LogP contribution is 2.23. The van der Waals surface area contributed by atoms with E-state index in [2.05, 4.69) is 47.6 Å². The number of nitrogens with one attached hydrogen (secondary N) is 1. The highest BCUT2D eigenvalue weighted by atomic mass is 16.4. The lowest BCUT2D eigenvalue weighted by molar-refractivity contribution is 0.485. The predicted molar refractivity (Wildman–Crippen MR) is 87.7 cm³/mol. The SMILES string of the molecule is Cc1cc(C)cc(N[C@@H](C)c2nnc(-c3ccccc3)o2)c1. The molecule has 0 saturated heterocycles. The second-order valence-electron chi connectivity index (χ2n) is 5.55. The van der Waals surface area contributed by atoms with Crippen LogP contribution >= 0.6 is 0 Å². The Bertz CT molecular complexity index is 745. The van der Waals surface area contributed by atoms with Crippen LogP contribution < -0.4 is 5.32 Å². The lowest BCUT2D eigenvalue weighted by Crippen LogP contribution is -2.07. The summed E-state index contributed by atoms with van der Waals surface area (Å²) in [6.45, 7) is 6.19. The van der Waals surface area contributed by atoms with Crippen LogP contribution in [0.4, 0.5) is 5.69 Å². The molecule has 1 heterocycles. The quantitative estimate of drug-likeness (QED) is 0.768. The van der Waals surface area contributed by atoms with Crippen LogP contribution in [0.1, 0.15) is 30.0 Å². The highest BCUT2D eigenvalue weighted by molar-refractivity contribution is 5.52. The van der Waals surface area contributed by atoms with E-state index >= 15 is 0 Å². The van der Waals surface area contributed by atoms with Gasteiger partial charge in [-0.15, -0.1) is 10.2 Å². The van der Waals surface area contributed by atoms with Crippen LogP contribution in [0.2, 0.25) is 0 Å². The van der Waals surface area contributed by atoms with Gasteiger partial charge >= 0.3 is 0 Å². The van der Waals surface area contributed by atoms with Crippen LogP contribution in [0.3, 0.4) is 0 Å². The Morgan fingerprint density at radius 2 is 1.64 bits per heavy atom. The summed E-state index contributed by atoms with van der Waals surface area (Å²) in [4.78, 5) is 0. The van der Waals surface area contributed by atoms with Crippen LogP contribution in [0.25, 0.3) is 11.5 Å². The van der Waals surface area contributed by atoms with Crippen molar-refractivity contribution >= 4 is 5.69 Å². The largest absolute Gasteiger partial charge is 0.418 e. The number of rotatable bonds is 4. The van der Waals surface area contributed by atoms with E-state index in [1.54, 1.807) is 0 Å². The summed E-state index contributed by atoms with van der Waals surface area (Å²) < 4.78 is 5.78. The molecule has 4 nitrogen and oxygen atoms in total. The third-order valence-corrected chi connectivity index (χ3v) is 3.44. The minimum absolute atomic E-state index is 0.0498. The Morgan fingerprint density at radius 3 is 2.32 bits per heavy atom. The number of benzene rings is 2. The van der Waals surface area contributed by atoms with E-state index in [-0.39, 0.29) is 6.04 Å². The molecule has 1 atom stereocenters. The molecule has 0 amide bonds. The fourth-order valence-corrected chi connectivity index (χ4v) is 2.48. The molecule has 112 valence electrons. The maximum atomic E-state index is 5.78. The molecule has 2 aromatic carbocycles. The second kappa shape index (κ2) is 6.02. The fraction of sp³-hybridized carbons (Fsp3) is 0.222. The zero-order valence-electron chi connectivity index (χ0n) is 13.0. The number of anilines is 1. The Labute approximate surface area is 130 Å². The molecule has 0 unspecified atom stereocenters. The number of aromatic nitrogens is 2. The van der Waals surface area contributed by atoms with E-state index in [4.69, 9.17) is 4.42 Å². The van der Waals surface area contributed by atoms with E-state index in [0.717, 1.165) is 11.3 Å². The Kier molecular flexibility index (Phi) is 3.92. The Hall–Kier alpha value is -2.62. The normalized spacial score (nSPS) is 12.1. The van der Waals surface area contributed by atoms with Crippen molar-refractivity contribution in [2.45, 2.75) is 26.8 Å². The number of nitrogens with zero attached hydrogens (tertiary/aromatic N) is 2. The van der Waals surface area contributed by atoms with Crippen molar-refractivity contribution in [2.75, 3.05) is 5.32 Å². The van der Waals surface area contributed by atoms with Gasteiger partial charge in [-0.1, -0.05) is 24.3 Å². The van der Waals surface area contributed by atoms with Crippen LogP contribution in [-0.4, -0.2) is 10.2 Å². The summed E-state index contributed by atoms with van der Waals surface area (Å²) in [6.07, 6.45) is 0. The molecule has 4 heteroatoms. The Morgan fingerprint density at radius 1 is 0.955 bits per heavy atom. The first-order valence-electron chi connectivity index (χ1n) is 7.35. The maximum Gasteiger partial charge on any atom is 0.247 e. The Balaban J connectivity index is 1.78. The van der Waals surface area contributed by atoms with Gasteiger partial charge in [0.25, 0.3) is 0 Å². The van der Waals surface area contributed by atoms with Crippen molar-refractivity contribution in [1.29, 1.82) is 0 Å². The molecule has 1 N–H and O–H groups in total. The van der Waals surface area contributed by atoms with Gasteiger partial charge in [0.1, 0.15) is 6.04 Å². The van der Waals surface area contributed by atoms with E-state index in [1.807, 2.05) is 37.3 Å². The molecule has 0 spiro atoms. The van der Waals surface area contributed by atoms with Crippen molar-refractivity contribution in [3.05, 3.63) is 65.5 Å². The number of hydrogen-bond acceptors (Lipinski definition) is 4. The molecular weight excluding hydrogens is 274 g/mol. The molecule has 0 fully saturated rings. The van der Waals surface area contributed by atoms with Crippen molar-refractivity contribution < 1.29 is 4.42 Å². The van der Waals surface area contributed by atoms with Gasteiger partial charge in [0, 0.05) is 11.3 Å². The molecule has 0 saturated carbocycles. The molecule has 0 radical (unpaired) electrons. The van der Waals surface area contributed by atoms with Gasteiger partial charge in [-0.3, -0.25) is 0 Å². The summed E-state index contributed by atoms with van der Waals surface area (Å²) in [5, 5.41) is 11.7. The van der Waals surface area contributed by atoms with Gasteiger partial charge in [0.2, 0.25) is 11.8 Å². The van der Waals surface area contributed by atoms with Gasteiger partial charge in [0.05, 0.1) is 0 Å². The molecule has 3 rings (SSSR count). The molecule has 1 aromatic heterocycles. The zero-order valence-corrected chi connectivity index (χ0v) is 13.0. The first kappa shape index (κ1) is 14.3. The molecule has 0 aliphatic carbocycles. The summed E-state index contributed by atoms with van der Waals surface area (Å²) in [7, 11) is 0.